The Hall–Kier alpha value is -3.02. The van der Waals surface area contributed by atoms with Crippen LogP contribution >= 0.6 is 0 Å². The Morgan fingerprint density at radius 3 is 2.55 bits per heavy atom. The lowest BCUT2D eigenvalue weighted by Gasteiger charge is -2.14. The first kappa shape index (κ1) is 13.9. The van der Waals surface area contributed by atoms with Gasteiger partial charge in [-0.15, -0.1) is 0 Å². The molecule has 6 nitrogen and oxygen atoms in total. The number of benzene rings is 2. The van der Waals surface area contributed by atoms with Gasteiger partial charge in [0.2, 0.25) is 5.91 Å². The summed E-state index contributed by atoms with van der Waals surface area (Å²) in [4.78, 5) is 24.6. The molecule has 2 aromatic carbocycles. The van der Waals surface area contributed by atoms with Crippen LogP contribution in [0.4, 0.5) is 11.4 Å². The van der Waals surface area contributed by atoms with Gasteiger partial charge in [0.05, 0.1) is 11.3 Å². The quantitative estimate of drug-likeness (QED) is 0.626. The molecule has 6 heteroatoms. The molecule has 2 amide bonds. The Balaban J connectivity index is 1.87. The molecular weight excluding hydrogens is 282 g/mol. The molecule has 1 heterocycles. The van der Waals surface area contributed by atoms with E-state index >= 15 is 0 Å². The van der Waals surface area contributed by atoms with Crippen LogP contribution in [-0.4, -0.2) is 23.0 Å². The first-order valence-corrected chi connectivity index (χ1v) is 6.83. The lowest BCUT2D eigenvalue weighted by Crippen LogP contribution is -2.42. The van der Waals surface area contributed by atoms with E-state index in [9.17, 15) is 14.7 Å². The second-order valence-electron chi connectivity index (χ2n) is 5.16. The number of hydrogen-bond acceptors (Lipinski definition) is 4. The van der Waals surface area contributed by atoms with Gasteiger partial charge in [-0.1, -0.05) is 18.2 Å². The average Bonchev–Trinajstić information content (AvgIpc) is 2.59. The SMILES string of the molecule is Nc1cccc2c1C(=O)N[C@H](Cc1ccc(O)cc1)C(=O)N2. The van der Waals surface area contributed by atoms with Crippen molar-refractivity contribution in [2.45, 2.75) is 12.5 Å². The van der Waals surface area contributed by atoms with Crippen LogP contribution in [0.5, 0.6) is 5.75 Å². The van der Waals surface area contributed by atoms with Gasteiger partial charge in [0.25, 0.3) is 5.91 Å². The zero-order valence-corrected chi connectivity index (χ0v) is 11.7. The van der Waals surface area contributed by atoms with Crippen molar-refractivity contribution in [3.05, 3.63) is 53.6 Å². The van der Waals surface area contributed by atoms with Gasteiger partial charge < -0.3 is 21.5 Å². The molecule has 0 bridgehead atoms. The number of aromatic hydroxyl groups is 1. The van der Waals surface area contributed by atoms with Crippen molar-refractivity contribution in [2.75, 3.05) is 11.1 Å². The van der Waals surface area contributed by atoms with E-state index < -0.39 is 6.04 Å². The number of hydrogen-bond donors (Lipinski definition) is 4. The first-order chi connectivity index (χ1) is 10.5. The van der Waals surface area contributed by atoms with E-state index in [0.29, 0.717) is 17.8 Å². The first-order valence-electron chi connectivity index (χ1n) is 6.83. The van der Waals surface area contributed by atoms with Crippen molar-refractivity contribution in [3.63, 3.8) is 0 Å². The molecule has 112 valence electrons. The number of nitrogen functional groups attached to an aromatic ring is 1. The van der Waals surface area contributed by atoms with Gasteiger partial charge in [0.1, 0.15) is 11.8 Å². The zero-order valence-electron chi connectivity index (χ0n) is 11.7. The third-order valence-electron chi connectivity index (χ3n) is 3.58. The molecule has 5 N–H and O–H groups in total. The lowest BCUT2D eigenvalue weighted by molar-refractivity contribution is -0.117. The summed E-state index contributed by atoms with van der Waals surface area (Å²) in [6.45, 7) is 0. The monoisotopic (exact) mass is 297 g/mol. The van der Waals surface area contributed by atoms with E-state index in [-0.39, 0.29) is 23.1 Å². The fraction of sp³-hybridized carbons (Fsp3) is 0.125. The van der Waals surface area contributed by atoms with E-state index in [0.717, 1.165) is 5.56 Å². The van der Waals surface area contributed by atoms with Gasteiger partial charge in [0.15, 0.2) is 0 Å². The second-order valence-corrected chi connectivity index (χ2v) is 5.16. The predicted octanol–water partition coefficient (Wildman–Crippen LogP) is 1.27. The minimum atomic E-state index is -0.705. The van der Waals surface area contributed by atoms with Crippen molar-refractivity contribution in [2.24, 2.45) is 0 Å². The summed E-state index contributed by atoms with van der Waals surface area (Å²) in [7, 11) is 0. The van der Waals surface area contributed by atoms with E-state index in [1.807, 2.05) is 0 Å². The molecule has 0 aromatic heterocycles. The van der Waals surface area contributed by atoms with Crippen LogP contribution in [0.25, 0.3) is 0 Å². The van der Waals surface area contributed by atoms with Gasteiger partial charge in [0, 0.05) is 12.1 Å². The van der Waals surface area contributed by atoms with Crippen LogP contribution in [0, 0.1) is 0 Å². The number of carbonyl (C=O) groups excluding carboxylic acids is 2. The molecule has 0 fully saturated rings. The number of fused-ring (bicyclic) bond motifs is 1. The molecule has 0 spiro atoms. The molecule has 0 saturated carbocycles. The summed E-state index contributed by atoms with van der Waals surface area (Å²) in [5.41, 5.74) is 7.67. The van der Waals surface area contributed by atoms with Crippen LogP contribution in [-0.2, 0) is 11.2 Å². The number of anilines is 2. The van der Waals surface area contributed by atoms with Gasteiger partial charge in [-0.3, -0.25) is 9.59 Å². The summed E-state index contributed by atoms with van der Waals surface area (Å²) in [6.07, 6.45) is 0.325. The Morgan fingerprint density at radius 1 is 1.09 bits per heavy atom. The predicted molar refractivity (Wildman–Crippen MR) is 82.5 cm³/mol. The maximum Gasteiger partial charge on any atom is 0.256 e. The van der Waals surface area contributed by atoms with Crippen LogP contribution in [0.3, 0.4) is 0 Å². The zero-order chi connectivity index (χ0) is 15.7. The topological polar surface area (TPSA) is 104 Å². The lowest BCUT2D eigenvalue weighted by atomic mass is 10.1. The standard InChI is InChI=1S/C16H15N3O3/c17-11-2-1-3-12-14(11)16(22)19-13(15(21)18-12)8-9-4-6-10(20)7-5-9/h1-7,13,20H,8,17H2,(H,18,21)(H,19,22)/t13-/m1/s1. The number of phenols is 1. The molecule has 1 aliphatic heterocycles. The molecule has 0 radical (unpaired) electrons. The summed E-state index contributed by atoms with van der Waals surface area (Å²) in [5.74, 6) is -0.528. The normalized spacial score (nSPS) is 17.2. The highest BCUT2D eigenvalue weighted by molar-refractivity contribution is 6.12. The van der Waals surface area contributed by atoms with Gasteiger partial charge in [-0.25, -0.2) is 0 Å². The third kappa shape index (κ3) is 2.58. The highest BCUT2D eigenvalue weighted by atomic mass is 16.3. The van der Waals surface area contributed by atoms with E-state index in [2.05, 4.69) is 10.6 Å². The summed E-state index contributed by atoms with van der Waals surface area (Å²) in [6, 6.07) is 10.7. The third-order valence-corrected chi connectivity index (χ3v) is 3.58. The molecule has 0 aliphatic carbocycles. The van der Waals surface area contributed by atoms with Gasteiger partial charge >= 0.3 is 0 Å². The minimum absolute atomic E-state index is 0.151. The molecule has 1 aliphatic rings. The molecule has 2 aromatic rings. The van der Waals surface area contributed by atoms with Crippen LogP contribution in [0.2, 0.25) is 0 Å². The molecule has 0 unspecified atom stereocenters. The summed E-state index contributed by atoms with van der Waals surface area (Å²) in [5, 5.41) is 14.7. The number of nitrogens with one attached hydrogen (secondary N) is 2. The molecule has 0 saturated heterocycles. The molecule has 1 atom stereocenters. The highest BCUT2D eigenvalue weighted by Crippen LogP contribution is 2.25. The van der Waals surface area contributed by atoms with Crippen LogP contribution < -0.4 is 16.4 Å². The number of phenolic OH excluding ortho intramolecular Hbond substituents is 1. The van der Waals surface area contributed by atoms with Gasteiger partial charge in [-0.2, -0.15) is 0 Å². The largest absolute Gasteiger partial charge is 0.508 e. The minimum Gasteiger partial charge on any atom is -0.508 e. The van der Waals surface area contributed by atoms with Crippen LogP contribution in [0.1, 0.15) is 15.9 Å². The number of rotatable bonds is 2. The van der Waals surface area contributed by atoms with Crippen molar-refractivity contribution >= 4 is 23.2 Å². The van der Waals surface area contributed by atoms with Crippen molar-refractivity contribution in [3.8, 4) is 5.75 Å². The Morgan fingerprint density at radius 2 is 1.82 bits per heavy atom. The van der Waals surface area contributed by atoms with E-state index in [1.165, 1.54) is 0 Å². The molecular formula is C16H15N3O3. The summed E-state index contributed by atoms with van der Waals surface area (Å²) >= 11 is 0. The summed E-state index contributed by atoms with van der Waals surface area (Å²) < 4.78 is 0. The molecule has 22 heavy (non-hydrogen) atoms. The van der Waals surface area contributed by atoms with Crippen LogP contribution in [0.15, 0.2) is 42.5 Å². The average molecular weight is 297 g/mol. The van der Waals surface area contributed by atoms with Gasteiger partial charge in [-0.05, 0) is 29.8 Å². The fourth-order valence-corrected chi connectivity index (χ4v) is 2.46. The van der Waals surface area contributed by atoms with Crippen molar-refractivity contribution in [1.29, 1.82) is 0 Å². The Bertz CT molecular complexity index is 741. The highest BCUT2D eigenvalue weighted by Gasteiger charge is 2.29. The smallest absolute Gasteiger partial charge is 0.256 e. The maximum atomic E-state index is 12.3. The van der Waals surface area contributed by atoms with Crippen molar-refractivity contribution in [1.82, 2.24) is 5.32 Å². The Labute approximate surface area is 126 Å². The second kappa shape index (κ2) is 5.40. The Kier molecular flexibility index (Phi) is 3.42. The molecule has 3 rings (SSSR count). The number of carbonyl (C=O) groups is 2. The van der Waals surface area contributed by atoms with E-state index in [1.54, 1.807) is 42.5 Å². The maximum absolute atomic E-state index is 12.3. The fourth-order valence-electron chi connectivity index (χ4n) is 2.46. The number of amides is 2. The van der Waals surface area contributed by atoms with E-state index in [4.69, 9.17) is 5.73 Å². The number of nitrogens with two attached hydrogens (primary N) is 1. The van der Waals surface area contributed by atoms with Crippen molar-refractivity contribution < 1.29 is 14.7 Å².